The van der Waals surface area contributed by atoms with Crippen molar-refractivity contribution in [3.05, 3.63) is 46.9 Å². The monoisotopic (exact) mass is 324 g/mol. The van der Waals surface area contributed by atoms with Crippen molar-refractivity contribution in [2.24, 2.45) is 0 Å². The summed E-state index contributed by atoms with van der Waals surface area (Å²) in [5, 5.41) is 0.603. The van der Waals surface area contributed by atoms with Crippen molar-refractivity contribution in [3.63, 3.8) is 0 Å². The first kappa shape index (κ1) is 15.8. The van der Waals surface area contributed by atoms with Crippen LogP contribution in [-0.2, 0) is 11.3 Å². The Hall–Kier alpha value is -1.59. The van der Waals surface area contributed by atoms with Gasteiger partial charge in [0.1, 0.15) is 11.5 Å². The van der Waals surface area contributed by atoms with Gasteiger partial charge < -0.3 is 15.1 Å². The number of anilines is 1. The van der Waals surface area contributed by atoms with Crippen molar-refractivity contribution >= 4 is 35.0 Å². The third-order valence-corrected chi connectivity index (χ3v) is 4.40. The quantitative estimate of drug-likeness (QED) is 0.674. The SMILES string of the molecule is Cc1ccc(CN(C)C(=O)CSc2cc(N)ccc2Cl)o1. The number of rotatable bonds is 5. The molecule has 112 valence electrons. The van der Waals surface area contributed by atoms with Crippen LogP contribution in [0.3, 0.4) is 0 Å². The molecule has 1 heterocycles. The lowest BCUT2D eigenvalue weighted by atomic mass is 10.3. The molecule has 0 spiro atoms. The summed E-state index contributed by atoms with van der Waals surface area (Å²) in [6, 6.07) is 9.00. The van der Waals surface area contributed by atoms with E-state index in [0.717, 1.165) is 16.4 Å². The highest BCUT2D eigenvalue weighted by Gasteiger charge is 2.12. The van der Waals surface area contributed by atoms with E-state index < -0.39 is 0 Å². The van der Waals surface area contributed by atoms with Crippen molar-refractivity contribution in [2.45, 2.75) is 18.4 Å². The molecule has 2 N–H and O–H groups in total. The number of benzene rings is 1. The molecule has 0 saturated carbocycles. The normalized spacial score (nSPS) is 10.6. The zero-order valence-electron chi connectivity index (χ0n) is 11.9. The molecule has 0 saturated heterocycles. The smallest absolute Gasteiger partial charge is 0.233 e. The van der Waals surface area contributed by atoms with Gasteiger partial charge in [-0.1, -0.05) is 11.6 Å². The van der Waals surface area contributed by atoms with Crippen LogP contribution in [0, 0.1) is 6.92 Å². The highest BCUT2D eigenvalue weighted by molar-refractivity contribution is 8.00. The fourth-order valence-corrected chi connectivity index (χ4v) is 2.98. The number of furan rings is 1. The molecule has 2 aromatic rings. The third kappa shape index (κ3) is 4.44. The van der Waals surface area contributed by atoms with Gasteiger partial charge >= 0.3 is 0 Å². The minimum absolute atomic E-state index is 0.00699. The van der Waals surface area contributed by atoms with Crippen LogP contribution in [-0.4, -0.2) is 23.6 Å². The largest absolute Gasteiger partial charge is 0.464 e. The van der Waals surface area contributed by atoms with E-state index in [1.165, 1.54) is 11.8 Å². The fraction of sp³-hybridized carbons (Fsp3) is 0.267. The second-order valence-corrected chi connectivity index (χ2v) is 6.17. The van der Waals surface area contributed by atoms with Crippen LogP contribution in [0.25, 0.3) is 0 Å². The van der Waals surface area contributed by atoms with Crippen LogP contribution in [0.5, 0.6) is 0 Å². The molecular weight excluding hydrogens is 308 g/mol. The number of carbonyl (C=O) groups excluding carboxylic acids is 1. The van der Waals surface area contributed by atoms with E-state index in [4.69, 9.17) is 21.8 Å². The molecule has 0 radical (unpaired) electrons. The summed E-state index contributed by atoms with van der Waals surface area (Å²) in [6.07, 6.45) is 0. The second-order valence-electron chi connectivity index (χ2n) is 4.74. The van der Waals surface area contributed by atoms with Crippen LogP contribution in [0.4, 0.5) is 5.69 Å². The molecule has 6 heteroatoms. The first-order valence-electron chi connectivity index (χ1n) is 6.43. The van der Waals surface area contributed by atoms with Gasteiger partial charge in [0.05, 0.1) is 17.3 Å². The van der Waals surface area contributed by atoms with Crippen LogP contribution < -0.4 is 5.73 Å². The molecule has 0 aliphatic rings. The van der Waals surface area contributed by atoms with E-state index in [9.17, 15) is 4.79 Å². The third-order valence-electron chi connectivity index (χ3n) is 2.92. The first-order valence-corrected chi connectivity index (χ1v) is 7.79. The number of thioether (sulfide) groups is 1. The number of aryl methyl sites for hydroxylation is 1. The van der Waals surface area contributed by atoms with Crippen molar-refractivity contribution < 1.29 is 9.21 Å². The maximum Gasteiger partial charge on any atom is 0.233 e. The predicted octanol–water partition coefficient (Wildman–Crippen LogP) is 3.57. The topological polar surface area (TPSA) is 59.5 Å². The highest BCUT2D eigenvalue weighted by Crippen LogP contribution is 2.29. The van der Waals surface area contributed by atoms with Crippen LogP contribution in [0.2, 0.25) is 5.02 Å². The number of amides is 1. The summed E-state index contributed by atoms with van der Waals surface area (Å²) in [4.78, 5) is 14.6. The Morgan fingerprint density at radius 1 is 1.38 bits per heavy atom. The average molecular weight is 325 g/mol. The molecule has 0 fully saturated rings. The zero-order valence-corrected chi connectivity index (χ0v) is 13.5. The summed E-state index contributed by atoms with van der Waals surface area (Å²) in [7, 11) is 1.75. The van der Waals surface area contributed by atoms with Gasteiger partial charge in [0, 0.05) is 17.6 Å². The molecule has 0 unspecified atom stereocenters. The lowest BCUT2D eigenvalue weighted by Crippen LogP contribution is -2.27. The maximum atomic E-state index is 12.1. The van der Waals surface area contributed by atoms with Gasteiger partial charge in [0.15, 0.2) is 0 Å². The van der Waals surface area contributed by atoms with E-state index in [0.29, 0.717) is 23.0 Å². The van der Waals surface area contributed by atoms with Crippen molar-refractivity contribution in [2.75, 3.05) is 18.5 Å². The van der Waals surface area contributed by atoms with E-state index in [-0.39, 0.29) is 5.91 Å². The van der Waals surface area contributed by atoms with Crippen molar-refractivity contribution in [3.8, 4) is 0 Å². The minimum atomic E-state index is 0.00699. The summed E-state index contributed by atoms with van der Waals surface area (Å²) in [5.41, 5.74) is 6.35. The lowest BCUT2D eigenvalue weighted by molar-refractivity contribution is -0.127. The Kier molecular flexibility index (Phi) is 5.20. The van der Waals surface area contributed by atoms with Gasteiger partial charge in [-0.25, -0.2) is 0 Å². The van der Waals surface area contributed by atoms with Gasteiger partial charge in [0.25, 0.3) is 0 Å². The second kappa shape index (κ2) is 6.91. The molecule has 0 atom stereocenters. The number of nitrogens with zero attached hydrogens (tertiary/aromatic N) is 1. The Labute approximate surface area is 133 Å². The van der Waals surface area contributed by atoms with Crippen LogP contribution >= 0.6 is 23.4 Å². The molecule has 1 aromatic heterocycles. The van der Waals surface area contributed by atoms with E-state index in [1.54, 1.807) is 30.1 Å². The van der Waals surface area contributed by atoms with Crippen LogP contribution in [0.15, 0.2) is 39.6 Å². The highest BCUT2D eigenvalue weighted by atomic mass is 35.5. The van der Waals surface area contributed by atoms with Crippen LogP contribution in [0.1, 0.15) is 11.5 Å². The summed E-state index contributed by atoms with van der Waals surface area (Å²) >= 11 is 7.46. The van der Waals surface area contributed by atoms with E-state index in [2.05, 4.69) is 0 Å². The Bertz CT molecular complexity index is 642. The maximum absolute atomic E-state index is 12.1. The van der Waals surface area contributed by atoms with Gasteiger partial charge in [0.2, 0.25) is 5.91 Å². The predicted molar refractivity (Wildman–Crippen MR) is 86.5 cm³/mol. The molecule has 0 aliphatic carbocycles. The van der Waals surface area contributed by atoms with Gasteiger partial charge in [-0.15, -0.1) is 11.8 Å². The molecular formula is C15H17ClN2O2S. The van der Waals surface area contributed by atoms with Gasteiger partial charge in [-0.2, -0.15) is 0 Å². The number of hydrogen-bond acceptors (Lipinski definition) is 4. The summed E-state index contributed by atoms with van der Waals surface area (Å²) < 4.78 is 5.46. The van der Waals surface area contributed by atoms with Gasteiger partial charge in [-0.05, 0) is 37.3 Å². The molecule has 2 rings (SSSR count). The Morgan fingerprint density at radius 3 is 2.81 bits per heavy atom. The summed E-state index contributed by atoms with van der Waals surface area (Å²) in [6.45, 7) is 2.33. The first-order chi connectivity index (χ1) is 9.95. The number of halogens is 1. The fourth-order valence-electron chi connectivity index (χ4n) is 1.77. The Morgan fingerprint density at radius 2 is 2.14 bits per heavy atom. The number of carbonyl (C=O) groups is 1. The molecule has 1 amide bonds. The number of nitrogen functional groups attached to an aromatic ring is 1. The Balaban J connectivity index is 1.90. The van der Waals surface area contributed by atoms with Gasteiger partial charge in [-0.3, -0.25) is 4.79 Å². The van der Waals surface area contributed by atoms with Crippen molar-refractivity contribution in [1.82, 2.24) is 4.90 Å². The molecule has 0 aliphatic heterocycles. The van der Waals surface area contributed by atoms with E-state index >= 15 is 0 Å². The molecule has 0 bridgehead atoms. The standard InChI is InChI=1S/C15H17ClN2O2S/c1-10-3-5-12(20-10)8-18(2)15(19)9-21-14-7-11(17)4-6-13(14)16/h3-7H,8-9,17H2,1-2H3. The average Bonchev–Trinajstić information content (AvgIpc) is 2.84. The number of hydrogen-bond donors (Lipinski definition) is 1. The van der Waals surface area contributed by atoms with E-state index in [1.807, 2.05) is 19.1 Å². The zero-order chi connectivity index (χ0) is 15.4. The molecule has 1 aromatic carbocycles. The van der Waals surface area contributed by atoms with Crippen molar-refractivity contribution in [1.29, 1.82) is 0 Å². The lowest BCUT2D eigenvalue weighted by Gasteiger charge is -2.15. The molecule has 4 nitrogen and oxygen atoms in total. The molecule has 21 heavy (non-hydrogen) atoms. The number of nitrogens with two attached hydrogens (primary N) is 1. The summed E-state index contributed by atoms with van der Waals surface area (Å²) in [5.74, 6) is 1.92. The minimum Gasteiger partial charge on any atom is -0.464 e.